The summed E-state index contributed by atoms with van der Waals surface area (Å²) in [5.41, 5.74) is 13.1. The molecule has 0 saturated heterocycles. The Hall–Kier alpha value is -5.93. The second-order valence-electron chi connectivity index (χ2n) is 14.3. The molecule has 0 amide bonds. The van der Waals surface area contributed by atoms with Crippen molar-refractivity contribution in [3.05, 3.63) is 145 Å². The molecule has 0 saturated carbocycles. The third-order valence-electron chi connectivity index (χ3n) is 11.1. The number of rotatable bonds is 8. The van der Waals surface area contributed by atoms with Crippen LogP contribution in [0.1, 0.15) is 50.5 Å². The van der Waals surface area contributed by atoms with Gasteiger partial charge in [0.1, 0.15) is 26.2 Å². The summed E-state index contributed by atoms with van der Waals surface area (Å²) in [6.45, 7) is 11.5. The van der Waals surface area contributed by atoms with Gasteiger partial charge in [0, 0.05) is 48.5 Å². The molecule has 2 aliphatic rings. The van der Waals surface area contributed by atoms with Crippen LogP contribution in [-0.4, -0.2) is 19.9 Å². The Morgan fingerprint density at radius 2 is 0.763 bits per heavy atom. The van der Waals surface area contributed by atoms with Crippen molar-refractivity contribution in [1.29, 1.82) is 0 Å². The first kappa shape index (κ1) is 38.6. The number of aromatic amines is 2. The van der Waals surface area contributed by atoms with Crippen molar-refractivity contribution in [2.45, 2.75) is 53.9 Å². The second-order valence-corrected chi connectivity index (χ2v) is 15.5. The zero-order chi connectivity index (χ0) is 40.8. The molecule has 0 unspecified atom stereocenters. The van der Waals surface area contributed by atoms with Crippen LogP contribution in [0.3, 0.4) is 0 Å². The van der Waals surface area contributed by atoms with E-state index in [0.717, 1.165) is 99.0 Å². The number of aryl methyl sites for hydroxylation is 4. The highest BCUT2D eigenvalue weighted by Gasteiger charge is 2.32. The molecule has 0 radical (unpaired) electrons. The first-order valence-corrected chi connectivity index (χ1v) is 21.2. The van der Waals surface area contributed by atoms with Crippen LogP contribution >= 0.6 is 34.8 Å². The molecule has 7 aromatic heterocycles. The number of nitrogens with one attached hydrogen (secondary N) is 2. The van der Waals surface area contributed by atoms with E-state index >= 15 is 0 Å². The Bertz CT molecular complexity index is 3050. The summed E-state index contributed by atoms with van der Waals surface area (Å²) in [5.74, 6) is 0. The maximum absolute atomic E-state index is 7.45. The molecule has 8 nitrogen and oxygen atoms in total. The largest absolute Gasteiger partial charge is 0.354 e. The first-order chi connectivity index (χ1) is 28.8. The number of H-pyrrole nitrogens is 2. The zero-order valence-electron chi connectivity index (χ0n) is 33.3. The number of pyridine rings is 4. The molecule has 0 spiro atoms. The predicted molar refractivity (Wildman–Crippen MR) is 238 cm³/mol. The van der Waals surface area contributed by atoms with Crippen LogP contribution in [0, 0.1) is 0 Å². The normalized spacial score (nSPS) is 12.6. The Balaban J connectivity index is 1.57. The van der Waals surface area contributed by atoms with Gasteiger partial charge in [-0.3, -0.25) is 0 Å². The summed E-state index contributed by atoms with van der Waals surface area (Å²) < 4.78 is 8.81. The van der Waals surface area contributed by atoms with Crippen molar-refractivity contribution in [1.82, 2.24) is 19.9 Å². The summed E-state index contributed by atoms with van der Waals surface area (Å²) in [7, 11) is 0. The summed E-state index contributed by atoms with van der Waals surface area (Å²) in [5, 5.41) is 1.28. The molecule has 2 aliphatic heterocycles. The van der Waals surface area contributed by atoms with Crippen molar-refractivity contribution in [3.8, 4) is 45.0 Å². The lowest BCUT2D eigenvalue weighted by molar-refractivity contribution is -0.682. The number of nitrogens with zero attached hydrogens (tertiary/aromatic N) is 6. The maximum Gasteiger partial charge on any atom is 0.216 e. The second kappa shape index (κ2) is 16.0. The van der Waals surface area contributed by atoms with Gasteiger partial charge >= 0.3 is 0 Å². The van der Waals surface area contributed by atoms with E-state index in [1.165, 1.54) is 0 Å². The van der Waals surface area contributed by atoms with Crippen LogP contribution < -0.4 is 18.3 Å². The zero-order valence-corrected chi connectivity index (χ0v) is 35.5. The molecule has 11 heteroatoms. The third-order valence-corrected chi connectivity index (χ3v) is 12.2. The van der Waals surface area contributed by atoms with Gasteiger partial charge in [-0.15, -0.1) is 0 Å². The molecule has 0 aliphatic carbocycles. The van der Waals surface area contributed by atoms with Gasteiger partial charge in [0.15, 0.2) is 24.8 Å². The molecule has 0 aromatic carbocycles. The Labute approximate surface area is 358 Å². The van der Waals surface area contributed by atoms with Gasteiger partial charge in [-0.1, -0.05) is 34.8 Å². The van der Waals surface area contributed by atoms with Crippen molar-refractivity contribution < 1.29 is 18.3 Å². The molecule has 59 heavy (non-hydrogen) atoms. The average molecular weight is 838 g/mol. The standard InChI is InChI=1S/C48H42Cl3N8/c1-5-56-25-13-9-17-36(56)40-31-21-22-33(52-31)42(38-19-11-15-27-58(38)7-3)47-44(50)45(51)48(55-47)43(39-20-12-16-28-59(39)8-4)34-24-23-32(53-34)41(46-30(49)29-35(40)54-46)37-18-10-14-26-57(37)6-2/h9-29H,5-8H2,1-4H3,(H,52,53,54,55)/q+3/p+1. The Kier molecular flexibility index (Phi) is 10.5. The average Bonchev–Trinajstić information content (AvgIpc) is 4.08. The van der Waals surface area contributed by atoms with Crippen LogP contribution in [0.4, 0.5) is 0 Å². The molecule has 292 valence electrons. The summed E-state index contributed by atoms with van der Waals surface area (Å²) in [6, 6.07) is 33.1. The van der Waals surface area contributed by atoms with E-state index in [0.29, 0.717) is 32.2 Å². The highest BCUT2D eigenvalue weighted by molar-refractivity contribution is 6.66. The van der Waals surface area contributed by atoms with Crippen molar-refractivity contribution in [2.24, 2.45) is 0 Å². The molecule has 9 rings (SSSR count). The summed E-state index contributed by atoms with van der Waals surface area (Å²) in [6.07, 6.45) is 10.3. The molecule has 9 heterocycles. The van der Waals surface area contributed by atoms with Crippen molar-refractivity contribution >= 4 is 78.0 Å². The summed E-state index contributed by atoms with van der Waals surface area (Å²) >= 11 is 22.3. The molecular formula is C48H43Cl3N8+4. The quantitative estimate of drug-likeness (QED) is 0.150. The van der Waals surface area contributed by atoms with Gasteiger partial charge in [0.2, 0.25) is 22.8 Å². The smallest absolute Gasteiger partial charge is 0.216 e. The lowest BCUT2D eigenvalue weighted by Gasteiger charge is -2.07. The Morgan fingerprint density at radius 1 is 0.424 bits per heavy atom. The van der Waals surface area contributed by atoms with Crippen LogP contribution in [0.25, 0.3) is 88.3 Å². The van der Waals surface area contributed by atoms with E-state index in [9.17, 15) is 0 Å². The summed E-state index contributed by atoms with van der Waals surface area (Å²) in [4.78, 5) is 18.6. The maximum atomic E-state index is 7.45. The van der Waals surface area contributed by atoms with E-state index in [4.69, 9.17) is 44.8 Å². The minimum absolute atomic E-state index is 0.369. The lowest BCUT2D eigenvalue weighted by Crippen LogP contribution is -2.34. The molecule has 0 atom stereocenters. The predicted octanol–water partition coefficient (Wildman–Crippen LogP) is 10.3. The monoisotopic (exact) mass is 836 g/mol. The lowest BCUT2D eigenvalue weighted by atomic mass is 10.1. The van der Waals surface area contributed by atoms with E-state index in [1.807, 2.05) is 48.5 Å². The molecular weight excluding hydrogens is 795 g/mol. The molecule has 0 fully saturated rings. The molecule has 8 bridgehead atoms. The fourth-order valence-corrected chi connectivity index (χ4v) is 9.00. The van der Waals surface area contributed by atoms with Crippen LogP contribution in [0.5, 0.6) is 0 Å². The minimum Gasteiger partial charge on any atom is -0.354 e. The molecule has 2 N–H and O–H groups in total. The van der Waals surface area contributed by atoms with E-state index < -0.39 is 0 Å². The van der Waals surface area contributed by atoms with E-state index in [1.54, 1.807) is 0 Å². The van der Waals surface area contributed by atoms with Gasteiger partial charge < -0.3 is 9.97 Å². The SMILES string of the molecule is CC[n+]1ccccc1-c1c2nc(c(-c3cccc[n+]3CC)c3ccc([nH]3)c(-c3cccc[n+]3CC)c3nc(c(-c4cccc[n+]4CC)c4ccc1[nH]4)C(Cl)=C3Cl)C(Cl)=C2. The fourth-order valence-electron chi connectivity index (χ4n) is 8.30. The molecule has 7 aromatic rings. The van der Waals surface area contributed by atoms with Crippen LogP contribution in [-0.2, 0) is 26.2 Å². The van der Waals surface area contributed by atoms with Crippen LogP contribution in [0.2, 0.25) is 0 Å². The van der Waals surface area contributed by atoms with Crippen molar-refractivity contribution in [3.63, 3.8) is 0 Å². The van der Waals surface area contributed by atoms with Gasteiger partial charge in [0.25, 0.3) is 0 Å². The topological polar surface area (TPSA) is 72.9 Å². The van der Waals surface area contributed by atoms with Crippen LogP contribution in [0.15, 0.2) is 122 Å². The number of hydrogen-bond acceptors (Lipinski definition) is 2. The highest BCUT2D eigenvalue weighted by atomic mass is 35.5. The van der Waals surface area contributed by atoms with Crippen molar-refractivity contribution in [2.75, 3.05) is 0 Å². The first-order valence-electron chi connectivity index (χ1n) is 20.0. The number of halogens is 3. The number of aromatic nitrogens is 8. The Morgan fingerprint density at radius 3 is 1.14 bits per heavy atom. The highest BCUT2D eigenvalue weighted by Crippen LogP contribution is 2.45. The minimum atomic E-state index is 0.369. The fraction of sp³-hybridized carbons (Fsp3) is 0.167. The van der Waals surface area contributed by atoms with E-state index in [2.05, 4.69) is 135 Å². The van der Waals surface area contributed by atoms with Gasteiger partial charge in [0.05, 0.1) is 82.2 Å². The number of fused-ring (bicyclic) bond motifs is 8. The third kappa shape index (κ3) is 6.65. The number of hydrogen-bond donors (Lipinski definition) is 2. The van der Waals surface area contributed by atoms with Gasteiger partial charge in [-0.05, 0) is 82.3 Å². The van der Waals surface area contributed by atoms with Gasteiger partial charge in [-0.2, -0.15) is 18.3 Å². The van der Waals surface area contributed by atoms with Gasteiger partial charge in [-0.25, -0.2) is 9.97 Å². The van der Waals surface area contributed by atoms with E-state index in [-0.39, 0.29) is 0 Å².